The Bertz CT molecular complexity index is 6850. The lowest BCUT2D eigenvalue weighted by atomic mass is 9.96. The minimum absolute atomic E-state index is 0.00453. The molecule has 1 spiro atoms. The lowest BCUT2D eigenvalue weighted by Gasteiger charge is -2.32. The van der Waals surface area contributed by atoms with Crippen molar-refractivity contribution < 1.29 is 38.6 Å². The third-order valence-corrected chi connectivity index (χ3v) is 28.4. The summed E-state index contributed by atoms with van der Waals surface area (Å²) in [6.07, 6.45) is 17.4. The van der Waals surface area contributed by atoms with E-state index >= 15 is 0 Å². The van der Waals surface area contributed by atoms with Gasteiger partial charge in [-0.3, -0.25) is 73.0 Å². The van der Waals surface area contributed by atoms with Crippen molar-refractivity contribution in [3.8, 4) is 46.7 Å². The van der Waals surface area contributed by atoms with Crippen LogP contribution in [0.15, 0.2) is 190 Å². The minimum atomic E-state index is -0.159. The molecule has 3 aliphatic carbocycles. The lowest BCUT2D eigenvalue weighted by molar-refractivity contribution is -0.657. The largest absolute Gasteiger partial charge is 0.508 e. The summed E-state index contributed by atoms with van der Waals surface area (Å²) in [5.74, 6) is 21.6. The van der Waals surface area contributed by atoms with Gasteiger partial charge in [-0.25, -0.2) is 23.7 Å². The Morgan fingerprint density at radius 1 is 0.472 bits per heavy atom. The summed E-state index contributed by atoms with van der Waals surface area (Å²) in [7, 11) is 0. The first-order valence-corrected chi connectivity index (χ1v) is 51.1. The van der Waals surface area contributed by atoms with Crippen LogP contribution in [0.2, 0.25) is 15.1 Å². The molecule has 12 heterocycles. The second-order valence-corrected chi connectivity index (χ2v) is 39.3. The number of ether oxygens (including phenoxy) is 2. The van der Waals surface area contributed by atoms with Crippen LogP contribution in [0, 0.1) is 23.7 Å². The Balaban J connectivity index is 0.000000120. The zero-order valence-corrected chi connectivity index (χ0v) is 83.8. The molecule has 5 N–H and O–H groups in total. The summed E-state index contributed by atoms with van der Waals surface area (Å²) in [6, 6.07) is 54.3. The van der Waals surface area contributed by atoms with Crippen LogP contribution in [0.3, 0.4) is 0 Å². The number of imidazole rings is 4. The van der Waals surface area contributed by atoms with E-state index in [1.807, 2.05) is 206 Å². The zero-order valence-electron chi connectivity index (χ0n) is 81.5. The highest BCUT2D eigenvalue weighted by Gasteiger charge is 2.49. The van der Waals surface area contributed by atoms with Crippen molar-refractivity contribution >= 4 is 117 Å². The predicted octanol–water partition coefficient (Wildman–Crippen LogP) is 17.9. The Hall–Kier alpha value is -14.1. The summed E-state index contributed by atoms with van der Waals surface area (Å²) in [5, 5.41) is 32.1. The number of fused-ring (bicyclic) bond motifs is 12. The van der Waals surface area contributed by atoms with Crippen LogP contribution in [0.1, 0.15) is 227 Å². The average Bonchev–Trinajstić information content (AvgIpc) is 1.49. The molecule has 1 atom stereocenters. The van der Waals surface area contributed by atoms with Crippen molar-refractivity contribution in [2.75, 3.05) is 83.0 Å². The number of anilines is 6. The number of nitrogens with one attached hydrogen (secondary N) is 3. The third kappa shape index (κ3) is 20.2. The normalized spacial score (nSPS) is 17.0. The van der Waals surface area contributed by atoms with Gasteiger partial charge in [0.05, 0.1) is 92.2 Å². The fourth-order valence-electron chi connectivity index (χ4n) is 20.7. The molecule has 22 rings (SSSR count). The first kappa shape index (κ1) is 96.8. The fraction of sp³-hybridized carbons (Fsp3) is 0.394. The molecule has 33 heteroatoms. The molecule has 7 aliphatic heterocycles. The van der Waals surface area contributed by atoms with Gasteiger partial charge in [0, 0.05) is 55.9 Å². The number of guanidine groups is 3. The molecule has 3 amide bonds. The third-order valence-electron chi connectivity index (χ3n) is 27.5. The van der Waals surface area contributed by atoms with Crippen molar-refractivity contribution in [1.29, 1.82) is 0 Å². The van der Waals surface area contributed by atoms with Gasteiger partial charge in [0.1, 0.15) is 28.5 Å². The van der Waals surface area contributed by atoms with Crippen molar-refractivity contribution in [1.82, 2.24) is 57.5 Å². The number of carbonyl (C=O) groups excluding carboxylic acids is 3. The highest BCUT2D eigenvalue weighted by Crippen LogP contribution is 2.43. The van der Waals surface area contributed by atoms with Crippen LogP contribution in [0.5, 0.6) is 23.0 Å². The maximum absolute atomic E-state index is 13.9. The van der Waals surface area contributed by atoms with E-state index in [1.54, 1.807) is 45.0 Å². The molecule has 5 aromatic heterocycles. The monoisotopic (exact) mass is 1970 g/mol. The summed E-state index contributed by atoms with van der Waals surface area (Å²) in [5.41, 5.74) is 9.59. The van der Waals surface area contributed by atoms with E-state index in [0.717, 1.165) is 121 Å². The number of amides is 3. The van der Waals surface area contributed by atoms with Crippen molar-refractivity contribution in [2.24, 2.45) is 15.0 Å². The van der Waals surface area contributed by atoms with E-state index in [9.17, 15) is 29.4 Å². The number of hydrogen-bond acceptors (Lipinski definition) is 21. The van der Waals surface area contributed by atoms with Gasteiger partial charge >= 0.3 is 11.5 Å². The minimum Gasteiger partial charge on any atom is -0.508 e. The smallest absolute Gasteiger partial charge is 0.327 e. The molecule has 3 fully saturated rings. The van der Waals surface area contributed by atoms with Crippen LogP contribution in [0.4, 0.5) is 35.3 Å². The molecule has 142 heavy (non-hydrogen) atoms. The van der Waals surface area contributed by atoms with E-state index in [4.69, 9.17) is 69.2 Å². The summed E-state index contributed by atoms with van der Waals surface area (Å²) in [4.78, 5) is 100. The molecule has 30 nitrogen and oxygen atoms in total. The van der Waals surface area contributed by atoms with E-state index in [-0.39, 0.29) is 63.6 Å². The van der Waals surface area contributed by atoms with Gasteiger partial charge < -0.3 is 34.9 Å². The Labute approximate surface area is 842 Å². The van der Waals surface area contributed by atoms with Gasteiger partial charge in [0.15, 0.2) is 40.4 Å². The Morgan fingerprint density at radius 2 is 0.923 bits per heavy atom. The lowest BCUT2D eigenvalue weighted by Crippen LogP contribution is -2.50. The van der Waals surface area contributed by atoms with Crippen molar-refractivity contribution in [2.45, 2.75) is 227 Å². The van der Waals surface area contributed by atoms with Crippen molar-refractivity contribution in [3.63, 3.8) is 0 Å². The predicted molar refractivity (Wildman–Crippen MR) is 557 cm³/mol. The van der Waals surface area contributed by atoms with E-state index in [1.165, 1.54) is 56.9 Å². The number of nitrogens with zero attached hydrogens (tertiary/aromatic N) is 19. The van der Waals surface area contributed by atoms with E-state index in [0.29, 0.717) is 175 Å². The van der Waals surface area contributed by atoms with Gasteiger partial charge in [-0.05, 0) is 226 Å². The number of hydrogen-bond donors (Lipinski definition) is 5. The van der Waals surface area contributed by atoms with Crippen LogP contribution in [-0.2, 0) is 45.7 Å². The topological polar surface area (TPSA) is 300 Å². The molecule has 0 saturated heterocycles. The molecule has 0 unspecified atom stereocenters. The highest BCUT2D eigenvalue weighted by atomic mass is 35.5. The molecule has 10 aliphatic rings. The van der Waals surface area contributed by atoms with E-state index in [2.05, 4.69) is 80.7 Å². The highest BCUT2D eigenvalue weighted by molar-refractivity contribution is 6.33. The zero-order chi connectivity index (χ0) is 98.6. The second kappa shape index (κ2) is 42.4. The quantitative estimate of drug-likeness (QED) is 0.0311. The number of rotatable bonds is 22. The average molecular weight is 1970 g/mol. The molecule has 0 bridgehead atoms. The SMILES string of the molecule is CCN1C(=O)c2c(nc(C#Cc3ccccc3)n2Cc2ccc(O)c(Cl)c2)N2C[C@@H](Cc3ccccc3)N=C12.CCN1C(=O)c2c(nc(NC3CCCCC3)n2Cc2ccc(OC(C)C)c(Cl)c2)N2CCN=C12.CCN1C(=O)c2c(nc(NC3CCCCC3)n2Cc2ccc(OC(C)C)c(Cl)c2)N2CCN=C12.CCn1c2[n+](c3c(nc(C#Cc4ccccc4)n3Cc3ccc(O)cc3)c1=O)CC1(CCCC1)N2. The maximum atomic E-state index is 13.9. The standard InChI is InChI=1S/C31H26ClN5O2.C28H27N5O2.2C25H33ClN6O2/c1-2-35-30(39)28-29(37-20-24(33-31(35)37)17-22-11-7-4-8-12-22)34-27(16-14-21-9-5-3-6-10-21)36(28)19-23-13-15-26(38)25(32)18-23;1-2-31-26(35)24-25(33-19-28(30-27(31)33)16-6-7-17-28)32(18-21-10-13-22(34)14-11-21)23(29-24)15-12-20-8-4-3-5-9-20;2*1-4-30-23(33)21-22(31-13-12-27-25(30)31)29-24(28-18-8-6-5-7-9-18)32(21)15-17-10-11-20(19(26)14-17)34-16(2)3/h3-13,15,18,24,38H,2,17,19-20H2,1H3;3-5,8-11,13-14,34H,2,6-7,16-19H2,1H3;2*10-11,14,16,18H,4-9,12-13,15H2,1-3H3,(H,28,29)/p+1/t24-;;;/m1.../s1. The molecule has 3 saturated carbocycles. The summed E-state index contributed by atoms with van der Waals surface area (Å²) < 4.78 is 23.6. The molecule has 0 radical (unpaired) electrons. The van der Waals surface area contributed by atoms with Crippen LogP contribution in [-0.4, -0.2) is 192 Å². The van der Waals surface area contributed by atoms with Crippen molar-refractivity contribution in [3.05, 3.63) is 263 Å². The van der Waals surface area contributed by atoms with Gasteiger partial charge in [0.25, 0.3) is 17.7 Å². The van der Waals surface area contributed by atoms with Gasteiger partial charge in [-0.2, -0.15) is 15.0 Å². The summed E-state index contributed by atoms with van der Waals surface area (Å²) in [6.45, 7) is 24.0. The number of halogens is 3. The number of aromatic hydroxyl groups is 2. The Kier molecular flexibility index (Phi) is 28.9. The number of benzene rings is 7. The second-order valence-electron chi connectivity index (χ2n) is 38.1. The van der Waals surface area contributed by atoms with Crippen LogP contribution >= 0.6 is 34.8 Å². The van der Waals surface area contributed by atoms with Crippen LogP contribution < -0.4 is 50.3 Å². The number of carbonyl (C=O) groups is 3. The molecular weight excluding hydrogens is 1850 g/mol. The fourth-order valence-corrected chi connectivity index (χ4v) is 21.4. The van der Waals surface area contributed by atoms with Crippen LogP contribution in [0.25, 0.3) is 11.2 Å². The number of phenols is 2. The van der Waals surface area contributed by atoms with Gasteiger partial charge in [-0.15, -0.1) is 0 Å². The molecule has 12 aromatic rings. The molecule has 734 valence electrons. The number of phenolic OH excluding ortho intramolecular Hbond substituents is 2. The number of aromatic nitrogens is 10. The first-order valence-electron chi connectivity index (χ1n) is 50.0. The summed E-state index contributed by atoms with van der Waals surface area (Å²) >= 11 is 19.3. The number of aliphatic imine (C=N–C) groups is 3. The molecular formula is C109H120Cl3N22O8+. The first-order chi connectivity index (χ1) is 69.0. The Morgan fingerprint density at radius 3 is 1.41 bits per heavy atom. The van der Waals surface area contributed by atoms with E-state index < -0.39 is 0 Å². The molecule has 7 aromatic carbocycles. The maximum Gasteiger partial charge on any atom is 0.327 e. The van der Waals surface area contributed by atoms with Gasteiger partial charge in [-0.1, -0.05) is 182 Å². The van der Waals surface area contributed by atoms with Gasteiger partial charge in [0.2, 0.25) is 46.8 Å².